The zero-order valence-electron chi connectivity index (χ0n) is 15.8. The van der Waals surface area contributed by atoms with Crippen LogP contribution in [-0.2, 0) is 0 Å². The molecule has 1 fully saturated rings. The number of thiophene rings is 1. The summed E-state index contributed by atoms with van der Waals surface area (Å²) in [4.78, 5) is 18.0. The molecule has 1 saturated heterocycles. The van der Waals surface area contributed by atoms with Gasteiger partial charge in [0, 0.05) is 31.7 Å². The van der Waals surface area contributed by atoms with Crippen LogP contribution in [0.25, 0.3) is 11.1 Å². The molecule has 5 heteroatoms. The minimum Gasteiger partial charge on any atom is -0.363 e. The van der Waals surface area contributed by atoms with Crippen LogP contribution in [0.2, 0.25) is 0 Å². The summed E-state index contributed by atoms with van der Waals surface area (Å²) in [6.07, 6.45) is 5.08. The molecular weight excluding hydrogens is 342 g/mol. The summed E-state index contributed by atoms with van der Waals surface area (Å²) in [6.45, 7) is 3.69. The van der Waals surface area contributed by atoms with Crippen molar-refractivity contribution in [3.63, 3.8) is 0 Å². The first kappa shape index (κ1) is 18.9. The van der Waals surface area contributed by atoms with Crippen LogP contribution in [0.4, 0.5) is 5.00 Å². The normalized spacial score (nSPS) is 15.1. The Hall–Kier alpha value is -1.85. The number of anilines is 1. The second-order valence-electron chi connectivity index (χ2n) is 7.16. The fourth-order valence-corrected chi connectivity index (χ4v) is 4.46. The first-order chi connectivity index (χ1) is 12.6. The number of hydrogen-bond donors (Lipinski definition) is 1. The third-order valence-electron chi connectivity index (χ3n) is 4.76. The van der Waals surface area contributed by atoms with E-state index in [2.05, 4.69) is 45.4 Å². The highest BCUT2D eigenvalue weighted by Gasteiger charge is 2.21. The third kappa shape index (κ3) is 4.86. The van der Waals surface area contributed by atoms with Gasteiger partial charge in [-0.2, -0.15) is 0 Å². The zero-order chi connectivity index (χ0) is 18.4. The van der Waals surface area contributed by atoms with Crippen molar-refractivity contribution in [3.8, 4) is 11.1 Å². The van der Waals surface area contributed by atoms with Crippen LogP contribution in [0.3, 0.4) is 0 Å². The fourth-order valence-electron chi connectivity index (χ4n) is 3.31. The molecule has 0 saturated carbocycles. The topological polar surface area (TPSA) is 35.6 Å². The monoisotopic (exact) mass is 371 g/mol. The minimum absolute atomic E-state index is 0.0371. The number of nitrogens with one attached hydrogen (secondary N) is 1. The largest absolute Gasteiger partial charge is 0.363 e. The van der Waals surface area contributed by atoms with Crippen LogP contribution in [-0.4, -0.2) is 51.1 Å². The first-order valence-corrected chi connectivity index (χ1v) is 10.3. The zero-order valence-corrected chi connectivity index (χ0v) is 16.6. The van der Waals surface area contributed by atoms with E-state index in [0.717, 1.165) is 24.5 Å². The Kier molecular flexibility index (Phi) is 6.69. The Bertz CT molecular complexity index is 703. The Morgan fingerprint density at radius 3 is 2.46 bits per heavy atom. The lowest BCUT2D eigenvalue weighted by Gasteiger charge is -2.22. The summed E-state index contributed by atoms with van der Waals surface area (Å²) < 4.78 is 0. The molecule has 2 aromatic rings. The van der Waals surface area contributed by atoms with Gasteiger partial charge in [-0.3, -0.25) is 4.79 Å². The minimum atomic E-state index is 0.0371. The van der Waals surface area contributed by atoms with Crippen LogP contribution in [0.15, 0.2) is 36.4 Å². The number of likely N-dealkylation sites (N-methyl/N-ethyl adjacent to an activating group) is 1. The average Bonchev–Trinajstić information content (AvgIpc) is 2.91. The molecule has 0 bridgehead atoms. The molecule has 4 nitrogen and oxygen atoms in total. The summed E-state index contributed by atoms with van der Waals surface area (Å²) >= 11 is 1.64. The Morgan fingerprint density at radius 2 is 1.81 bits per heavy atom. The second-order valence-corrected chi connectivity index (χ2v) is 8.19. The molecule has 0 radical (unpaired) electrons. The summed E-state index contributed by atoms with van der Waals surface area (Å²) in [5.41, 5.74) is 2.38. The maximum Gasteiger partial charge on any atom is 0.261 e. The van der Waals surface area contributed by atoms with Gasteiger partial charge >= 0.3 is 0 Å². The Labute approximate surface area is 160 Å². The smallest absolute Gasteiger partial charge is 0.261 e. The average molecular weight is 372 g/mol. The number of carbonyl (C=O) groups is 1. The third-order valence-corrected chi connectivity index (χ3v) is 5.95. The van der Waals surface area contributed by atoms with E-state index in [9.17, 15) is 4.79 Å². The lowest BCUT2D eigenvalue weighted by molar-refractivity contribution is 0.0955. The molecule has 0 atom stereocenters. The highest BCUT2D eigenvalue weighted by atomic mass is 32.1. The Morgan fingerprint density at radius 1 is 1.12 bits per heavy atom. The maximum absolute atomic E-state index is 12.6. The summed E-state index contributed by atoms with van der Waals surface area (Å²) in [5.74, 6) is 0.0371. The van der Waals surface area contributed by atoms with Crippen LogP contribution >= 0.6 is 11.3 Å². The molecule has 140 valence electrons. The van der Waals surface area contributed by atoms with Gasteiger partial charge in [-0.05, 0) is 38.6 Å². The second kappa shape index (κ2) is 9.19. The molecule has 1 aliphatic rings. The van der Waals surface area contributed by atoms with E-state index in [4.69, 9.17) is 0 Å². The highest BCUT2D eigenvalue weighted by Crippen LogP contribution is 2.39. The van der Waals surface area contributed by atoms with E-state index >= 15 is 0 Å². The van der Waals surface area contributed by atoms with Gasteiger partial charge in [-0.25, -0.2) is 0 Å². The van der Waals surface area contributed by atoms with Crippen molar-refractivity contribution in [1.82, 2.24) is 10.2 Å². The van der Waals surface area contributed by atoms with Crippen molar-refractivity contribution in [3.05, 3.63) is 41.3 Å². The lowest BCUT2D eigenvalue weighted by Crippen LogP contribution is -2.30. The molecule has 1 aromatic carbocycles. The van der Waals surface area contributed by atoms with E-state index in [1.54, 1.807) is 11.3 Å². The van der Waals surface area contributed by atoms with Crippen LogP contribution in [0, 0.1) is 0 Å². The number of hydrogen-bond acceptors (Lipinski definition) is 4. The fraction of sp³-hybridized carbons (Fsp3) is 0.476. The van der Waals surface area contributed by atoms with Gasteiger partial charge in [0.05, 0.1) is 9.88 Å². The molecule has 1 aromatic heterocycles. The molecule has 0 spiro atoms. The molecule has 1 N–H and O–H groups in total. The number of carbonyl (C=O) groups excluding carboxylic acids is 1. The predicted octanol–water partition coefficient (Wildman–Crippen LogP) is 4.09. The summed E-state index contributed by atoms with van der Waals surface area (Å²) in [7, 11) is 4.03. The van der Waals surface area contributed by atoms with Crippen molar-refractivity contribution in [2.45, 2.75) is 25.7 Å². The van der Waals surface area contributed by atoms with Gasteiger partial charge in [-0.15, -0.1) is 11.3 Å². The number of rotatable bonds is 6. The quantitative estimate of drug-likeness (QED) is 0.831. The molecule has 0 aliphatic carbocycles. The van der Waals surface area contributed by atoms with Gasteiger partial charge in [0.1, 0.15) is 0 Å². The van der Waals surface area contributed by atoms with Crippen molar-refractivity contribution < 1.29 is 4.79 Å². The molecule has 2 heterocycles. The van der Waals surface area contributed by atoms with Crippen molar-refractivity contribution >= 4 is 22.2 Å². The number of nitrogens with zero attached hydrogens (tertiary/aromatic N) is 2. The van der Waals surface area contributed by atoms with Crippen LogP contribution < -0.4 is 10.2 Å². The molecule has 26 heavy (non-hydrogen) atoms. The summed E-state index contributed by atoms with van der Waals surface area (Å²) in [5, 5.41) is 4.30. The summed E-state index contributed by atoms with van der Waals surface area (Å²) in [6, 6.07) is 12.5. The van der Waals surface area contributed by atoms with Crippen molar-refractivity contribution in [1.29, 1.82) is 0 Å². The van der Waals surface area contributed by atoms with E-state index in [1.165, 1.54) is 41.8 Å². The lowest BCUT2D eigenvalue weighted by atomic mass is 10.1. The first-order valence-electron chi connectivity index (χ1n) is 9.52. The van der Waals surface area contributed by atoms with Gasteiger partial charge < -0.3 is 15.1 Å². The standard InChI is InChI=1S/C21H29N3OS/c1-23(2)15-12-22-20(25)19-16-18(17-10-6-5-7-11-17)21(26-19)24-13-8-3-4-9-14-24/h5-7,10-11,16H,3-4,8-9,12-15H2,1-2H3,(H,22,25). The Balaban J connectivity index is 1.86. The molecule has 1 amide bonds. The van der Waals surface area contributed by atoms with Crippen LogP contribution in [0.1, 0.15) is 35.4 Å². The van der Waals surface area contributed by atoms with Gasteiger partial charge in [0.25, 0.3) is 5.91 Å². The van der Waals surface area contributed by atoms with Crippen LogP contribution in [0.5, 0.6) is 0 Å². The van der Waals surface area contributed by atoms with Gasteiger partial charge in [-0.1, -0.05) is 43.2 Å². The SMILES string of the molecule is CN(C)CCNC(=O)c1cc(-c2ccccc2)c(N2CCCCCC2)s1. The van der Waals surface area contributed by atoms with E-state index in [0.29, 0.717) is 6.54 Å². The van der Waals surface area contributed by atoms with Gasteiger partial charge in [0.2, 0.25) is 0 Å². The highest BCUT2D eigenvalue weighted by molar-refractivity contribution is 7.18. The van der Waals surface area contributed by atoms with Crippen molar-refractivity contribution in [2.24, 2.45) is 0 Å². The molecule has 1 aliphatic heterocycles. The molecule has 3 rings (SSSR count). The van der Waals surface area contributed by atoms with Crippen molar-refractivity contribution in [2.75, 3.05) is 45.2 Å². The number of amides is 1. The van der Waals surface area contributed by atoms with E-state index < -0.39 is 0 Å². The predicted molar refractivity (Wildman–Crippen MR) is 111 cm³/mol. The van der Waals surface area contributed by atoms with E-state index in [1.807, 2.05) is 20.2 Å². The van der Waals surface area contributed by atoms with E-state index in [-0.39, 0.29) is 5.91 Å². The maximum atomic E-state index is 12.6. The number of benzene rings is 1. The molecular formula is C21H29N3OS. The molecule has 0 unspecified atom stereocenters. The van der Waals surface area contributed by atoms with Gasteiger partial charge in [0.15, 0.2) is 0 Å².